The van der Waals surface area contributed by atoms with Crippen molar-refractivity contribution in [1.82, 2.24) is 4.72 Å². The van der Waals surface area contributed by atoms with Gasteiger partial charge in [-0.2, -0.15) is 0 Å². The highest BCUT2D eigenvalue weighted by molar-refractivity contribution is 9.10. The van der Waals surface area contributed by atoms with E-state index in [9.17, 15) is 18.5 Å². The van der Waals surface area contributed by atoms with E-state index in [1.807, 2.05) is 0 Å². The lowest BCUT2D eigenvalue weighted by molar-refractivity contribution is -0.385. The van der Waals surface area contributed by atoms with Gasteiger partial charge in [0.15, 0.2) is 0 Å². The maximum atomic E-state index is 12.4. The van der Waals surface area contributed by atoms with Crippen LogP contribution >= 0.6 is 15.9 Å². The number of nitrogens with zero attached hydrogens (tertiary/aromatic N) is 1. The predicted octanol–water partition coefficient (Wildman–Crippen LogP) is 3.41. The highest BCUT2D eigenvalue weighted by atomic mass is 79.9. The fourth-order valence-corrected chi connectivity index (χ4v) is 3.91. The van der Waals surface area contributed by atoms with E-state index in [4.69, 9.17) is 4.74 Å². The van der Waals surface area contributed by atoms with Gasteiger partial charge in [-0.25, -0.2) is 13.1 Å². The molecule has 0 radical (unpaired) electrons. The van der Waals surface area contributed by atoms with Gasteiger partial charge < -0.3 is 4.74 Å². The van der Waals surface area contributed by atoms with E-state index in [1.54, 1.807) is 25.1 Å². The van der Waals surface area contributed by atoms with Gasteiger partial charge in [-0.05, 0) is 46.6 Å². The van der Waals surface area contributed by atoms with Crippen LogP contribution in [0.5, 0.6) is 5.75 Å². The van der Waals surface area contributed by atoms with Crippen LogP contribution in [0.2, 0.25) is 0 Å². The first kappa shape index (κ1) is 18.4. The molecule has 2 aromatic rings. The number of hydrogen-bond acceptors (Lipinski definition) is 5. The standard InChI is InChI=1S/C15H15BrN2O5S/c1-10(11-6-7-15(23-2)14(16)8-11)17-24(21,22)13-5-3-4-12(9-13)18(19)20/h3-10,17H,1-2H3. The summed E-state index contributed by atoms with van der Waals surface area (Å²) in [5, 5.41) is 10.8. The van der Waals surface area contributed by atoms with Crippen molar-refractivity contribution in [3.63, 3.8) is 0 Å². The zero-order valence-electron chi connectivity index (χ0n) is 12.9. The van der Waals surface area contributed by atoms with Gasteiger partial charge in [-0.3, -0.25) is 10.1 Å². The summed E-state index contributed by atoms with van der Waals surface area (Å²) in [5.41, 5.74) is 0.439. The van der Waals surface area contributed by atoms with Crippen LogP contribution in [-0.2, 0) is 10.0 Å². The molecule has 0 aromatic heterocycles. The van der Waals surface area contributed by atoms with Gasteiger partial charge in [0.25, 0.3) is 5.69 Å². The second kappa shape index (κ2) is 7.29. The molecule has 1 N–H and O–H groups in total. The Hall–Kier alpha value is -1.97. The fraction of sp³-hybridized carbons (Fsp3) is 0.200. The summed E-state index contributed by atoms with van der Waals surface area (Å²) in [5.74, 6) is 0.632. The molecule has 2 rings (SSSR count). The molecule has 0 saturated carbocycles. The molecule has 0 aliphatic rings. The summed E-state index contributed by atoms with van der Waals surface area (Å²) in [6.07, 6.45) is 0. The molecule has 0 aliphatic carbocycles. The van der Waals surface area contributed by atoms with E-state index in [0.717, 1.165) is 11.6 Å². The number of nitro groups is 1. The van der Waals surface area contributed by atoms with Gasteiger partial charge >= 0.3 is 0 Å². The highest BCUT2D eigenvalue weighted by Crippen LogP contribution is 2.28. The highest BCUT2D eigenvalue weighted by Gasteiger charge is 2.21. The quantitative estimate of drug-likeness (QED) is 0.576. The van der Waals surface area contributed by atoms with Gasteiger partial charge in [-0.1, -0.05) is 12.1 Å². The molecule has 1 unspecified atom stereocenters. The van der Waals surface area contributed by atoms with Crippen molar-refractivity contribution >= 4 is 31.6 Å². The third kappa shape index (κ3) is 4.11. The zero-order chi connectivity index (χ0) is 17.9. The van der Waals surface area contributed by atoms with Crippen molar-refractivity contribution in [1.29, 1.82) is 0 Å². The Morgan fingerprint density at radius 3 is 2.54 bits per heavy atom. The average Bonchev–Trinajstić information content (AvgIpc) is 2.54. The minimum Gasteiger partial charge on any atom is -0.496 e. The summed E-state index contributed by atoms with van der Waals surface area (Å²) >= 11 is 3.35. The van der Waals surface area contributed by atoms with Crippen LogP contribution in [0.15, 0.2) is 51.8 Å². The molecule has 0 saturated heterocycles. The zero-order valence-corrected chi connectivity index (χ0v) is 15.3. The number of hydrogen-bond donors (Lipinski definition) is 1. The first-order chi connectivity index (χ1) is 11.2. The molecule has 0 spiro atoms. The second-order valence-electron chi connectivity index (χ2n) is 4.99. The summed E-state index contributed by atoms with van der Waals surface area (Å²) < 4.78 is 33.2. The van der Waals surface area contributed by atoms with Gasteiger partial charge in [0.2, 0.25) is 10.0 Å². The lowest BCUT2D eigenvalue weighted by Gasteiger charge is -2.16. The van der Waals surface area contributed by atoms with Crippen molar-refractivity contribution in [2.45, 2.75) is 17.9 Å². The molecule has 0 amide bonds. The maximum absolute atomic E-state index is 12.4. The molecule has 128 valence electrons. The second-order valence-corrected chi connectivity index (χ2v) is 7.56. The normalized spacial score (nSPS) is 12.6. The third-order valence-corrected chi connectivity index (χ3v) is 5.50. The number of halogens is 1. The summed E-state index contributed by atoms with van der Waals surface area (Å²) in [6, 6.07) is 9.59. The lowest BCUT2D eigenvalue weighted by atomic mass is 10.1. The van der Waals surface area contributed by atoms with Crippen molar-refractivity contribution in [3.05, 3.63) is 62.6 Å². The number of methoxy groups -OCH3 is 1. The fourth-order valence-electron chi connectivity index (χ4n) is 2.09. The van der Waals surface area contributed by atoms with Crippen LogP contribution < -0.4 is 9.46 Å². The van der Waals surface area contributed by atoms with Crippen molar-refractivity contribution < 1.29 is 18.1 Å². The number of benzene rings is 2. The van der Waals surface area contributed by atoms with Crippen LogP contribution in [0.4, 0.5) is 5.69 Å². The number of rotatable bonds is 6. The molecule has 0 heterocycles. The molecule has 7 nitrogen and oxygen atoms in total. The molecule has 0 fully saturated rings. The van der Waals surface area contributed by atoms with Gasteiger partial charge in [0.05, 0.1) is 21.4 Å². The molecule has 9 heteroatoms. The first-order valence-corrected chi connectivity index (χ1v) is 9.12. The maximum Gasteiger partial charge on any atom is 0.270 e. The minimum atomic E-state index is -3.89. The molecule has 1 atom stereocenters. The van der Waals surface area contributed by atoms with E-state index in [2.05, 4.69) is 20.7 Å². The van der Waals surface area contributed by atoms with E-state index >= 15 is 0 Å². The van der Waals surface area contributed by atoms with E-state index < -0.39 is 21.0 Å². The van der Waals surface area contributed by atoms with E-state index in [-0.39, 0.29) is 10.6 Å². The van der Waals surface area contributed by atoms with Gasteiger partial charge in [0, 0.05) is 18.2 Å². The first-order valence-electron chi connectivity index (χ1n) is 6.85. The van der Waals surface area contributed by atoms with Crippen molar-refractivity contribution in [3.8, 4) is 5.75 Å². The van der Waals surface area contributed by atoms with Crippen LogP contribution in [0.1, 0.15) is 18.5 Å². The van der Waals surface area contributed by atoms with Crippen LogP contribution in [0.3, 0.4) is 0 Å². The molecule has 24 heavy (non-hydrogen) atoms. The predicted molar refractivity (Wildman–Crippen MR) is 92.5 cm³/mol. The van der Waals surface area contributed by atoms with Crippen molar-refractivity contribution in [2.75, 3.05) is 7.11 Å². The smallest absolute Gasteiger partial charge is 0.270 e. The Kier molecular flexibility index (Phi) is 5.58. The SMILES string of the molecule is COc1ccc(C(C)NS(=O)(=O)c2cccc([N+](=O)[O-])c2)cc1Br. The molecular formula is C15H15BrN2O5S. The Balaban J connectivity index is 2.27. The summed E-state index contributed by atoms with van der Waals surface area (Å²) in [6.45, 7) is 1.68. The van der Waals surface area contributed by atoms with Crippen LogP contribution in [0.25, 0.3) is 0 Å². The van der Waals surface area contributed by atoms with Crippen molar-refractivity contribution in [2.24, 2.45) is 0 Å². The number of non-ortho nitro benzene ring substituents is 1. The van der Waals surface area contributed by atoms with Gasteiger partial charge in [-0.15, -0.1) is 0 Å². The Morgan fingerprint density at radius 2 is 1.96 bits per heavy atom. The number of nitro benzene ring substituents is 1. The Bertz CT molecular complexity index is 870. The Labute approximate surface area is 148 Å². The monoisotopic (exact) mass is 414 g/mol. The number of sulfonamides is 1. The topological polar surface area (TPSA) is 98.5 Å². The number of nitrogens with one attached hydrogen (secondary N) is 1. The molecular weight excluding hydrogens is 400 g/mol. The molecule has 0 aliphatic heterocycles. The van der Waals surface area contributed by atoms with Crippen LogP contribution in [-0.4, -0.2) is 20.5 Å². The molecule has 2 aromatic carbocycles. The third-order valence-electron chi connectivity index (χ3n) is 3.35. The number of ether oxygens (including phenoxy) is 1. The summed E-state index contributed by atoms with van der Waals surface area (Å²) in [4.78, 5) is 10.0. The van der Waals surface area contributed by atoms with Gasteiger partial charge in [0.1, 0.15) is 5.75 Å². The average molecular weight is 415 g/mol. The van der Waals surface area contributed by atoms with E-state index in [1.165, 1.54) is 25.3 Å². The van der Waals surface area contributed by atoms with Crippen LogP contribution in [0, 0.1) is 10.1 Å². The lowest BCUT2D eigenvalue weighted by Crippen LogP contribution is -2.27. The Morgan fingerprint density at radius 1 is 1.25 bits per heavy atom. The van der Waals surface area contributed by atoms with E-state index in [0.29, 0.717) is 10.2 Å². The summed E-state index contributed by atoms with van der Waals surface area (Å²) in [7, 11) is -2.36. The minimum absolute atomic E-state index is 0.156. The largest absolute Gasteiger partial charge is 0.496 e. The molecule has 0 bridgehead atoms.